The van der Waals surface area contributed by atoms with Crippen molar-refractivity contribution in [2.24, 2.45) is 0 Å². The molecule has 10 atom stereocenters. The van der Waals surface area contributed by atoms with Crippen LogP contribution in [0.25, 0.3) is 0 Å². The lowest BCUT2D eigenvalue weighted by molar-refractivity contribution is -0.145. The van der Waals surface area contributed by atoms with Gasteiger partial charge in [-0.25, -0.2) is 47.9 Å². The van der Waals surface area contributed by atoms with Crippen LogP contribution in [0.15, 0.2) is 0 Å². The van der Waals surface area contributed by atoms with Gasteiger partial charge >= 0.3 is 59.7 Å². The summed E-state index contributed by atoms with van der Waals surface area (Å²) in [6.45, 7) is 0. The molecule has 10 N–H and O–H groups in total. The van der Waals surface area contributed by atoms with Crippen molar-refractivity contribution in [3.8, 4) is 0 Å². The Morgan fingerprint density at radius 2 is 0.261 bits per heavy atom. The van der Waals surface area contributed by atoms with Crippen LogP contribution in [0.2, 0.25) is 0 Å². The summed E-state index contributed by atoms with van der Waals surface area (Å²) >= 11 is 0. The van der Waals surface area contributed by atoms with Crippen LogP contribution < -0.4 is 53.2 Å². The van der Waals surface area contributed by atoms with Gasteiger partial charge in [0.15, 0.2) is 0 Å². The fourth-order valence-electron chi connectivity index (χ4n) is 8.98. The zero-order chi connectivity index (χ0) is 86.2. The molecule has 0 aromatic carbocycles. The average Bonchev–Trinajstić information content (AvgIpc) is 0.919. The number of rotatable bonds is 10. The smallest absolute Gasteiger partial charge is 0.329 e. The van der Waals surface area contributed by atoms with Crippen molar-refractivity contribution < 1.29 is 143 Å². The summed E-state index contributed by atoms with van der Waals surface area (Å²) in [6.07, 6.45) is -2.85. The molecule has 1 rings (SSSR count). The summed E-state index contributed by atoms with van der Waals surface area (Å²) in [5.74, 6) is -15.7. The largest absolute Gasteiger partial charge is 0.467 e. The van der Waals surface area contributed by atoms with Crippen LogP contribution in [0.4, 0.5) is 0 Å². The van der Waals surface area contributed by atoms with Crippen molar-refractivity contribution in [2.45, 2.75) is 157 Å². The Balaban J connectivity index is 3.31. The van der Waals surface area contributed by atoms with E-state index in [4.69, 9.17) is 47.4 Å². The highest BCUT2D eigenvalue weighted by Gasteiger charge is 2.32. The molecule has 1 fully saturated rings. The predicted molar refractivity (Wildman–Crippen MR) is 433 cm³/mol. The molecule has 40 nitrogen and oxygen atoms in total. The highest BCUT2D eigenvalue weighted by molar-refractivity contribution is 8.78. The molecule has 50 heteroatoms. The Labute approximate surface area is 703 Å². The van der Waals surface area contributed by atoms with Crippen LogP contribution in [0, 0.1) is 0 Å². The van der Waals surface area contributed by atoms with Gasteiger partial charge in [-0.15, -0.1) is 0 Å². The maximum atomic E-state index is 13.0. The SMILES string of the molecule is COC(=O)C1CSSCC(C(=O)OC)NC(=O)CCCC(=O)N[C@H](C(=O)OC)CSSCC(C(=O)OC)NC(=O)CCCC(=O)NC(C(=O)OC)CSSC[C@@H](C(=O)OC)NC(=O)CCCC(=O)N[C@H](C(=O)OC)CSSC[C@@H](C(=O)OC)NC(=O)CCCC(=O)N[C@H](C(=O)OC)CSSCC(C(=O)OC)NC(=O)CCCC(=O)N1. The van der Waals surface area contributed by atoms with Gasteiger partial charge < -0.3 is 101 Å². The monoisotopic (exact) mass is 1820 g/mol. The van der Waals surface area contributed by atoms with E-state index in [1.165, 1.54) is 0 Å². The molecule has 0 aliphatic carbocycles. The van der Waals surface area contributed by atoms with Crippen molar-refractivity contribution in [1.29, 1.82) is 0 Å². The number of nitrogens with one attached hydrogen (secondary N) is 10. The van der Waals surface area contributed by atoms with E-state index in [0.717, 1.165) is 179 Å². The molecule has 0 radical (unpaired) electrons. The van der Waals surface area contributed by atoms with Gasteiger partial charge in [0.05, 0.1) is 71.1 Å². The minimum atomic E-state index is -1.21. The minimum Gasteiger partial charge on any atom is -0.467 e. The quantitative estimate of drug-likeness (QED) is 0.0737. The van der Waals surface area contributed by atoms with Crippen molar-refractivity contribution in [2.75, 3.05) is 129 Å². The van der Waals surface area contributed by atoms with E-state index < -0.39 is 179 Å². The van der Waals surface area contributed by atoms with Crippen LogP contribution in [-0.2, 0) is 143 Å². The Morgan fingerprint density at radius 3 is 0.330 bits per heavy atom. The van der Waals surface area contributed by atoms with Crippen molar-refractivity contribution >= 4 is 227 Å². The van der Waals surface area contributed by atoms with Gasteiger partial charge in [0.2, 0.25) is 59.1 Å². The third-order valence-corrected chi connectivity index (χ3v) is 27.1. The lowest BCUT2D eigenvalue weighted by atomic mass is 10.2. The molecule has 0 spiro atoms. The number of ether oxygens (including phenoxy) is 10. The number of esters is 10. The van der Waals surface area contributed by atoms with Crippen LogP contribution >= 0.6 is 108 Å². The highest BCUT2D eigenvalue weighted by Crippen LogP contribution is 2.29. The van der Waals surface area contributed by atoms with Gasteiger partial charge in [0.1, 0.15) is 60.4 Å². The fraction of sp³-hybridized carbons (Fsp3) is 0.692. The molecule has 0 aromatic heterocycles. The summed E-state index contributed by atoms with van der Waals surface area (Å²) in [7, 11) is 21.3. The first kappa shape index (κ1) is 106. The van der Waals surface area contributed by atoms with Crippen molar-refractivity contribution in [3.63, 3.8) is 0 Å². The van der Waals surface area contributed by atoms with Crippen LogP contribution in [0.5, 0.6) is 0 Å². The zero-order valence-corrected chi connectivity index (χ0v) is 72.9. The number of carbonyl (C=O) groups excluding carboxylic acids is 20. The van der Waals surface area contributed by atoms with E-state index in [1.54, 1.807) is 0 Å². The third-order valence-electron chi connectivity index (χ3n) is 15.0. The Kier molecular flexibility index (Phi) is 58.1. The van der Waals surface area contributed by atoms with E-state index in [1.807, 2.05) is 0 Å². The second-order valence-electron chi connectivity index (χ2n) is 23.5. The van der Waals surface area contributed by atoms with Gasteiger partial charge in [0, 0.05) is 122 Å². The summed E-state index contributed by atoms with van der Waals surface area (Å²) in [4.78, 5) is 258. The summed E-state index contributed by atoms with van der Waals surface area (Å²) < 4.78 is 48.6. The first-order valence-electron chi connectivity index (χ1n) is 34.8. The zero-order valence-electron chi connectivity index (χ0n) is 64.8. The highest BCUT2D eigenvalue weighted by atomic mass is 33.1. The van der Waals surface area contributed by atoms with E-state index in [9.17, 15) is 95.9 Å². The first-order chi connectivity index (χ1) is 54.9. The summed E-state index contributed by atoms with van der Waals surface area (Å²) in [6, 6.07) is -12.1. The van der Waals surface area contributed by atoms with Gasteiger partial charge in [-0.05, 0) is 32.1 Å². The Hall–Kier alpha value is -7.10. The molecule has 1 aliphatic heterocycles. The first-order valence-corrected chi connectivity index (χ1v) is 47.3. The molecule has 5 unspecified atom stereocenters. The Morgan fingerprint density at radius 1 is 0.183 bits per heavy atom. The summed E-state index contributed by atoms with van der Waals surface area (Å²) in [5, 5.41) is 25.3. The molecule has 1 heterocycles. The van der Waals surface area contributed by atoms with E-state index in [0.29, 0.717) is 0 Å². The Bertz CT molecular complexity index is 2570. The minimum absolute atomic E-state index is 0.0496. The summed E-state index contributed by atoms with van der Waals surface area (Å²) in [5.41, 5.74) is 0. The lowest BCUT2D eigenvalue weighted by Gasteiger charge is -2.19. The van der Waals surface area contributed by atoms with Gasteiger partial charge in [-0.3, -0.25) is 47.9 Å². The average molecular weight is 1820 g/mol. The van der Waals surface area contributed by atoms with Crippen LogP contribution in [0.3, 0.4) is 0 Å². The third kappa shape index (κ3) is 47.2. The lowest BCUT2D eigenvalue weighted by Crippen LogP contribution is -2.44. The second kappa shape index (κ2) is 63.0. The van der Waals surface area contributed by atoms with E-state index in [-0.39, 0.29) is 154 Å². The van der Waals surface area contributed by atoms with Crippen LogP contribution in [-0.4, -0.2) is 308 Å². The molecular formula is C65H100N10O30S10. The normalized spacial score (nSPS) is 24.1. The molecular weight excluding hydrogens is 1720 g/mol. The molecule has 0 bridgehead atoms. The molecule has 115 heavy (non-hydrogen) atoms. The number of amides is 10. The molecule has 650 valence electrons. The van der Waals surface area contributed by atoms with Gasteiger partial charge in [0.25, 0.3) is 0 Å². The molecule has 10 amide bonds. The standard InChI is InChI=1S/C65H100N10O30S10/c1-96-56(86)36-26-106-107-27-37(57(87)97-2)67-48(78)18-12-19-49(79)69-40(60(90)100-5)30-110-111-31-41(61(91)101-6)71-52(82)22-14-23-53(83)73-44(64(94)104-9)34-114-115-35-45(65(95)105-10)75-55(85)25-15-24-54(84)74-43(63(93)103-8)33-113-112-32-42(62(92)102-7)72-51(81)21-13-20-50(80)70-39(59(89)99-4)29-109-108-28-38(58(88)98-3)68-47(77)17-11-16-46(76)66-36/h36-45H,11-35H2,1-10H3,(H,66,76)(H,67,78)(H,68,77)(H,69,79)(H,70,80)(H,71,82)(H,72,81)(H,73,83)(H,74,84)(H,75,85)/t36-,37-,38-,39?,40-,41?,42?,43-,44?,45?/m0/s1. The van der Waals surface area contributed by atoms with Crippen LogP contribution in [0.1, 0.15) is 96.3 Å². The predicted octanol–water partition coefficient (Wildman–Crippen LogP) is -0.664. The van der Waals surface area contributed by atoms with Gasteiger partial charge in [-0.2, -0.15) is 0 Å². The van der Waals surface area contributed by atoms with E-state index >= 15 is 0 Å². The second-order valence-corrected chi connectivity index (χ2v) is 36.3. The molecule has 1 aliphatic rings. The fourth-order valence-corrected chi connectivity index (χ4v) is 20.5. The number of hydrogen-bond donors (Lipinski definition) is 10. The maximum Gasteiger partial charge on any atom is 0.329 e. The molecule has 0 aromatic rings. The number of methoxy groups -OCH3 is 10. The van der Waals surface area contributed by atoms with Crippen molar-refractivity contribution in [1.82, 2.24) is 53.2 Å². The number of hydrogen-bond acceptors (Lipinski definition) is 40. The maximum absolute atomic E-state index is 13.0. The number of carbonyl (C=O) groups is 20. The topological polar surface area (TPSA) is 554 Å². The van der Waals surface area contributed by atoms with Gasteiger partial charge in [-0.1, -0.05) is 108 Å². The van der Waals surface area contributed by atoms with E-state index in [2.05, 4.69) is 53.2 Å². The molecule has 0 saturated carbocycles. The molecule has 1 saturated heterocycles. The van der Waals surface area contributed by atoms with Crippen molar-refractivity contribution in [3.05, 3.63) is 0 Å².